The third-order valence-corrected chi connectivity index (χ3v) is 8.41. The number of anilines is 2. The summed E-state index contributed by atoms with van der Waals surface area (Å²) < 4.78 is 5.44. The largest absolute Gasteiger partial charge is 0.494 e. The molecule has 0 spiro atoms. The summed E-state index contributed by atoms with van der Waals surface area (Å²) in [6, 6.07) is 25.1. The lowest BCUT2D eigenvalue weighted by Gasteiger charge is -2.28. The fourth-order valence-electron chi connectivity index (χ4n) is 5.03. The number of benzene rings is 3. The number of rotatable bonds is 8. The van der Waals surface area contributed by atoms with Crippen LogP contribution in [0.5, 0.6) is 5.88 Å². The number of thiophene rings is 1. The van der Waals surface area contributed by atoms with Gasteiger partial charge in [-0.05, 0) is 85.1 Å². The number of ether oxygens (including phenoxy) is 1. The van der Waals surface area contributed by atoms with Crippen molar-refractivity contribution in [3.63, 3.8) is 0 Å². The molecule has 2 aromatic heterocycles. The van der Waals surface area contributed by atoms with Crippen LogP contribution >= 0.6 is 11.3 Å². The van der Waals surface area contributed by atoms with Crippen LogP contribution in [0.4, 0.5) is 17.1 Å². The first-order chi connectivity index (χ1) is 20.4. The Labute approximate surface area is 247 Å². The molecule has 0 atom stereocenters. The number of aromatic hydroxyl groups is 1. The number of aromatic nitrogens is 1. The topological polar surface area (TPSA) is 107 Å². The predicted octanol–water partition coefficient (Wildman–Crippen LogP) is 6.57. The number of hydrogen-bond donors (Lipinski definition) is 3. The van der Waals surface area contributed by atoms with Gasteiger partial charge in [-0.1, -0.05) is 18.2 Å². The molecule has 1 saturated heterocycles. The number of carbonyl (C=O) groups is 2. The molecule has 1 amide bonds. The van der Waals surface area contributed by atoms with Gasteiger partial charge in [-0.15, -0.1) is 11.3 Å². The summed E-state index contributed by atoms with van der Waals surface area (Å²) in [5, 5.41) is 14.4. The summed E-state index contributed by atoms with van der Waals surface area (Å²) in [5.41, 5.74) is 6.17. The highest BCUT2D eigenvalue weighted by Gasteiger charge is 2.14. The Hall–Kier alpha value is -4.73. The number of Topliss-reactive ketones (excluding diaryl/α,β-unsaturated/α-hetero) is 1. The van der Waals surface area contributed by atoms with Crippen molar-refractivity contribution in [1.29, 1.82) is 0 Å². The van der Waals surface area contributed by atoms with Gasteiger partial charge < -0.3 is 25.0 Å². The second-order valence-electron chi connectivity index (χ2n) is 10.2. The molecule has 0 unspecified atom stereocenters. The summed E-state index contributed by atoms with van der Waals surface area (Å²) >= 11 is 1.19. The zero-order valence-electron chi connectivity index (χ0n) is 23.1. The molecule has 9 heteroatoms. The molecule has 1 aliphatic heterocycles. The second kappa shape index (κ2) is 12.0. The molecular formula is C33H30N4O4S. The normalized spacial score (nSPS) is 13.6. The minimum absolute atomic E-state index is 0.0543. The minimum atomic E-state index is -0.242. The molecule has 3 N–H and O–H groups in total. The average Bonchev–Trinajstić information content (AvgIpc) is 3.62. The van der Waals surface area contributed by atoms with Gasteiger partial charge in [0.2, 0.25) is 0 Å². The number of ketones is 1. The summed E-state index contributed by atoms with van der Waals surface area (Å²) in [6.07, 6.45) is 2.33. The lowest BCUT2D eigenvalue weighted by atomic mass is 10.0. The highest BCUT2D eigenvalue weighted by molar-refractivity contribution is 7.16. The van der Waals surface area contributed by atoms with Gasteiger partial charge in [0.25, 0.3) is 5.91 Å². The van der Waals surface area contributed by atoms with Gasteiger partial charge in [-0.3, -0.25) is 14.6 Å². The maximum absolute atomic E-state index is 12.7. The zero-order valence-corrected chi connectivity index (χ0v) is 23.9. The fourth-order valence-corrected chi connectivity index (χ4v) is 5.83. The third-order valence-electron chi connectivity index (χ3n) is 7.22. The smallest absolute Gasteiger partial charge is 0.265 e. The van der Waals surface area contributed by atoms with E-state index < -0.39 is 0 Å². The van der Waals surface area contributed by atoms with Crippen molar-refractivity contribution < 1.29 is 19.4 Å². The number of nitrogens with zero attached hydrogens (tertiary/aromatic N) is 2. The molecule has 0 aliphatic carbocycles. The van der Waals surface area contributed by atoms with Crippen molar-refractivity contribution in [3.8, 4) is 5.88 Å². The van der Waals surface area contributed by atoms with E-state index in [2.05, 4.69) is 38.4 Å². The van der Waals surface area contributed by atoms with E-state index >= 15 is 0 Å². The maximum atomic E-state index is 12.7. The number of nitrogens with one attached hydrogen (secondary N) is 2. The maximum Gasteiger partial charge on any atom is 0.265 e. The quantitative estimate of drug-likeness (QED) is 0.143. The number of fused-ring (bicyclic) bond motifs is 1. The standard InChI is InChI=1S/C33H30N4O4S/c1-21(38)30-11-12-31(42-30)33(40)35-25-4-2-3-22(18-25)17-23-5-10-29-27(19-23)28(32(39)36-29)20-34-24-6-8-26(9-7-24)37-13-15-41-16-14-37/h2-12,18-20,36,39H,13-17H2,1H3,(H,35,40). The van der Waals surface area contributed by atoms with Gasteiger partial charge in [0, 0.05) is 41.6 Å². The van der Waals surface area contributed by atoms with E-state index in [0.717, 1.165) is 59.7 Å². The van der Waals surface area contributed by atoms with Gasteiger partial charge in [-0.2, -0.15) is 0 Å². The Bertz CT molecular complexity index is 1780. The lowest BCUT2D eigenvalue weighted by molar-refractivity contribution is 0.101. The number of hydrogen-bond acceptors (Lipinski definition) is 7. The van der Waals surface area contributed by atoms with Gasteiger partial charge >= 0.3 is 0 Å². The van der Waals surface area contributed by atoms with Crippen molar-refractivity contribution in [2.24, 2.45) is 4.99 Å². The number of amides is 1. The van der Waals surface area contributed by atoms with Crippen molar-refractivity contribution in [3.05, 3.63) is 105 Å². The lowest BCUT2D eigenvalue weighted by Crippen LogP contribution is -2.36. The monoisotopic (exact) mass is 578 g/mol. The molecule has 1 aliphatic rings. The van der Waals surface area contributed by atoms with Crippen LogP contribution in [0.1, 0.15) is 43.0 Å². The number of carbonyl (C=O) groups excluding carboxylic acids is 2. The second-order valence-corrected chi connectivity index (χ2v) is 11.3. The van der Waals surface area contributed by atoms with Crippen molar-refractivity contribution in [1.82, 2.24) is 4.98 Å². The van der Waals surface area contributed by atoms with Crippen molar-refractivity contribution in [2.75, 3.05) is 36.5 Å². The average molecular weight is 579 g/mol. The highest BCUT2D eigenvalue weighted by atomic mass is 32.1. The summed E-state index contributed by atoms with van der Waals surface area (Å²) in [7, 11) is 0. The number of morpholine rings is 1. The summed E-state index contributed by atoms with van der Waals surface area (Å²) in [6.45, 7) is 4.73. The predicted molar refractivity (Wildman–Crippen MR) is 168 cm³/mol. The van der Waals surface area contributed by atoms with Crippen LogP contribution in [-0.4, -0.2) is 54.3 Å². The van der Waals surface area contributed by atoms with E-state index in [0.29, 0.717) is 27.4 Å². The Morgan fingerprint density at radius 1 is 1.00 bits per heavy atom. The van der Waals surface area contributed by atoms with E-state index in [9.17, 15) is 14.7 Å². The van der Waals surface area contributed by atoms with E-state index in [1.165, 1.54) is 18.3 Å². The first-order valence-electron chi connectivity index (χ1n) is 13.7. The molecule has 0 saturated carbocycles. The van der Waals surface area contributed by atoms with Gasteiger partial charge in [0.05, 0.1) is 34.2 Å². The Balaban J connectivity index is 1.17. The minimum Gasteiger partial charge on any atom is -0.494 e. The first kappa shape index (κ1) is 27.4. The first-order valence-corrected chi connectivity index (χ1v) is 14.6. The summed E-state index contributed by atoms with van der Waals surface area (Å²) in [4.78, 5) is 35.3. The third kappa shape index (κ3) is 6.12. The van der Waals surface area contributed by atoms with Crippen LogP contribution in [0, 0.1) is 0 Å². The molecule has 5 aromatic rings. The van der Waals surface area contributed by atoms with Gasteiger partial charge in [0.15, 0.2) is 11.7 Å². The zero-order chi connectivity index (χ0) is 29.1. The number of H-pyrrole nitrogens is 1. The molecule has 1 fully saturated rings. The van der Waals surface area contributed by atoms with Crippen LogP contribution in [0.25, 0.3) is 10.9 Å². The highest BCUT2D eigenvalue weighted by Crippen LogP contribution is 2.29. The Kier molecular flexibility index (Phi) is 7.85. The Morgan fingerprint density at radius 2 is 1.76 bits per heavy atom. The SMILES string of the molecule is CC(=O)c1ccc(C(=O)Nc2cccc(Cc3ccc4[nH]c(O)c(C=Nc5ccc(N6CCOCC6)cc5)c4c3)c2)s1. The molecule has 8 nitrogen and oxygen atoms in total. The Morgan fingerprint density at radius 3 is 2.52 bits per heavy atom. The fraction of sp³-hybridized carbons (Fsp3) is 0.182. The van der Waals surface area contributed by atoms with Crippen LogP contribution in [0.3, 0.4) is 0 Å². The molecule has 3 aromatic carbocycles. The van der Waals surface area contributed by atoms with E-state index in [4.69, 9.17) is 4.74 Å². The van der Waals surface area contributed by atoms with Crippen LogP contribution in [0.2, 0.25) is 0 Å². The molecule has 212 valence electrons. The van der Waals surface area contributed by atoms with E-state index in [1.807, 2.05) is 48.5 Å². The number of aliphatic imine (C=N–C) groups is 1. The number of aromatic amines is 1. The summed E-state index contributed by atoms with van der Waals surface area (Å²) in [5.74, 6) is -0.225. The molecule has 6 rings (SSSR count). The molecule has 3 heterocycles. The van der Waals surface area contributed by atoms with Crippen molar-refractivity contribution >= 4 is 57.2 Å². The van der Waals surface area contributed by atoms with Gasteiger partial charge in [-0.25, -0.2) is 0 Å². The van der Waals surface area contributed by atoms with E-state index in [-0.39, 0.29) is 17.6 Å². The molecule has 42 heavy (non-hydrogen) atoms. The molecular weight excluding hydrogens is 548 g/mol. The van der Waals surface area contributed by atoms with E-state index in [1.54, 1.807) is 18.3 Å². The van der Waals surface area contributed by atoms with Crippen LogP contribution < -0.4 is 10.2 Å². The molecule has 0 bridgehead atoms. The van der Waals surface area contributed by atoms with Gasteiger partial charge in [0.1, 0.15) is 0 Å². The van der Waals surface area contributed by atoms with Crippen LogP contribution in [-0.2, 0) is 11.2 Å². The van der Waals surface area contributed by atoms with Crippen molar-refractivity contribution in [2.45, 2.75) is 13.3 Å². The van der Waals surface area contributed by atoms with Crippen LogP contribution in [0.15, 0.2) is 83.9 Å². The molecule has 0 radical (unpaired) electrons.